The fraction of sp³-hybridized carbons (Fsp3) is 0.263. The Labute approximate surface area is 402 Å². The van der Waals surface area contributed by atoms with E-state index in [1.165, 1.54) is 51.3 Å². The SMILES string of the molecule is CC(C)(C)c1cc(Oc2[c-]c3c(cc2)c2ccccc2n3-c2cc(C3(c4ccccc4)CCCC3)ccn2)[c-]c(N2[CH-]N(c3c([Si](C)(C)C)cccc3[Si](C)(C)C)c3ccccc32)c1.[Pt]. The maximum atomic E-state index is 6.93. The first-order valence-electron chi connectivity index (χ1n) is 23.0. The summed E-state index contributed by atoms with van der Waals surface area (Å²) in [5.41, 5.74) is 10.3. The van der Waals surface area contributed by atoms with E-state index >= 15 is 0 Å². The van der Waals surface area contributed by atoms with Gasteiger partial charge < -0.3 is 19.1 Å². The molecule has 1 fully saturated rings. The van der Waals surface area contributed by atoms with Gasteiger partial charge in [-0.3, -0.25) is 0 Å². The van der Waals surface area contributed by atoms with E-state index in [2.05, 4.69) is 221 Å². The Morgan fingerprint density at radius 3 is 1.95 bits per heavy atom. The number of nitrogens with zero attached hydrogens (tertiary/aromatic N) is 4. The molecule has 8 aromatic rings. The van der Waals surface area contributed by atoms with E-state index < -0.39 is 16.1 Å². The third kappa shape index (κ3) is 8.12. The molecule has 65 heavy (non-hydrogen) atoms. The summed E-state index contributed by atoms with van der Waals surface area (Å²) in [6.07, 6.45) is 6.70. The van der Waals surface area contributed by atoms with Crippen LogP contribution in [0.25, 0.3) is 27.6 Å². The summed E-state index contributed by atoms with van der Waals surface area (Å²) < 4.78 is 9.20. The van der Waals surface area contributed by atoms with Crippen molar-refractivity contribution in [1.29, 1.82) is 0 Å². The second-order valence-corrected chi connectivity index (χ2v) is 31.1. The zero-order valence-corrected chi connectivity index (χ0v) is 43.5. The zero-order chi connectivity index (χ0) is 44.6. The number of hydrogen-bond acceptors (Lipinski definition) is 4. The van der Waals surface area contributed by atoms with Crippen molar-refractivity contribution < 1.29 is 25.8 Å². The number of pyridine rings is 1. The van der Waals surface area contributed by atoms with Gasteiger partial charge in [-0.15, -0.1) is 53.6 Å². The molecule has 0 N–H and O–H groups in total. The van der Waals surface area contributed by atoms with E-state index in [0.29, 0.717) is 11.5 Å². The van der Waals surface area contributed by atoms with Crippen LogP contribution in [0.15, 0.2) is 140 Å². The first kappa shape index (κ1) is 45.0. The maximum Gasteiger partial charge on any atom is 0.135 e. The first-order valence-corrected chi connectivity index (χ1v) is 30.0. The number of para-hydroxylation sites is 4. The van der Waals surface area contributed by atoms with Crippen molar-refractivity contribution >= 4 is 71.1 Å². The van der Waals surface area contributed by atoms with Gasteiger partial charge in [0, 0.05) is 66.8 Å². The van der Waals surface area contributed by atoms with Crippen molar-refractivity contribution in [3.8, 4) is 17.3 Å². The summed E-state index contributed by atoms with van der Waals surface area (Å²) in [6.45, 7) is 23.8. The van der Waals surface area contributed by atoms with E-state index in [1.807, 2.05) is 12.3 Å². The average Bonchev–Trinajstić information content (AvgIpc) is 4.01. The van der Waals surface area contributed by atoms with Crippen LogP contribution < -0.4 is 24.9 Å². The van der Waals surface area contributed by atoms with E-state index in [-0.39, 0.29) is 31.9 Å². The predicted octanol–water partition coefficient (Wildman–Crippen LogP) is 14.2. The first-order chi connectivity index (χ1) is 30.6. The van der Waals surface area contributed by atoms with Crippen LogP contribution in [0.4, 0.5) is 22.7 Å². The van der Waals surface area contributed by atoms with Gasteiger partial charge in [-0.2, -0.15) is 6.07 Å². The van der Waals surface area contributed by atoms with Crippen molar-refractivity contribution in [2.24, 2.45) is 0 Å². The van der Waals surface area contributed by atoms with Gasteiger partial charge in [0.25, 0.3) is 0 Å². The monoisotopic (exact) mass is 1070 g/mol. The van der Waals surface area contributed by atoms with Crippen LogP contribution in [-0.4, -0.2) is 25.7 Å². The van der Waals surface area contributed by atoms with E-state index in [0.717, 1.165) is 51.8 Å². The molecule has 10 rings (SSSR count). The predicted molar refractivity (Wildman–Crippen MR) is 275 cm³/mol. The minimum absolute atomic E-state index is 0. The van der Waals surface area contributed by atoms with Crippen LogP contribution in [0.1, 0.15) is 63.1 Å². The summed E-state index contributed by atoms with van der Waals surface area (Å²) in [4.78, 5) is 9.83. The minimum atomic E-state index is -1.74. The third-order valence-electron chi connectivity index (χ3n) is 13.6. The Morgan fingerprint density at radius 1 is 0.631 bits per heavy atom. The van der Waals surface area contributed by atoms with E-state index in [9.17, 15) is 0 Å². The number of hydrogen-bond donors (Lipinski definition) is 0. The van der Waals surface area contributed by atoms with Gasteiger partial charge >= 0.3 is 0 Å². The summed E-state index contributed by atoms with van der Waals surface area (Å²) >= 11 is 0. The Morgan fingerprint density at radius 2 is 1.28 bits per heavy atom. The number of ether oxygens (including phenoxy) is 1. The smallest absolute Gasteiger partial charge is 0.135 e. The number of fused-ring (bicyclic) bond motifs is 4. The molecule has 2 aliphatic rings. The van der Waals surface area contributed by atoms with Crippen molar-refractivity contribution in [3.05, 3.63) is 175 Å². The van der Waals surface area contributed by atoms with Gasteiger partial charge in [0.15, 0.2) is 0 Å². The van der Waals surface area contributed by atoms with Crippen LogP contribution in [0.5, 0.6) is 11.5 Å². The molecule has 1 aliphatic carbocycles. The quantitative estimate of drug-likeness (QED) is 0.107. The Hall–Kier alpha value is -5.21. The molecular formula is C57H59N4OPtSi2-3. The molecule has 334 valence electrons. The van der Waals surface area contributed by atoms with Crippen LogP contribution in [0.3, 0.4) is 0 Å². The Balaban J connectivity index is 0.00000533. The van der Waals surface area contributed by atoms with Gasteiger partial charge in [-0.05, 0) is 75.5 Å². The molecule has 0 unspecified atom stereocenters. The van der Waals surface area contributed by atoms with Gasteiger partial charge in [0.05, 0.1) is 16.1 Å². The molecule has 2 aromatic heterocycles. The van der Waals surface area contributed by atoms with Crippen molar-refractivity contribution in [3.63, 3.8) is 0 Å². The fourth-order valence-corrected chi connectivity index (χ4v) is 13.5. The fourth-order valence-electron chi connectivity index (χ4n) is 10.2. The number of rotatable bonds is 9. The van der Waals surface area contributed by atoms with Crippen LogP contribution in [0.2, 0.25) is 39.3 Å². The van der Waals surface area contributed by atoms with Crippen molar-refractivity contribution in [1.82, 2.24) is 9.55 Å². The average molecular weight is 1070 g/mol. The molecule has 0 radical (unpaired) electrons. The number of anilines is 4. The minimum Gasteiger partial charge on any atom is -0.509 e. The topological polar surface area (TPSA) is 33.5 Å². The maximum absolute atomic E-state index is 6.93. The van der Waals surface area contributed by atoms with Crippen molar-refractivity contribution in [2.75, 3.05) is 9.80 Å². The third-order valence-corrected chi connectivity index (χ3v) is 17.6. The molecule has 0 amide bonds. The molecule has 6 aromatic carbocycles. The van der Waals surface area contributed by atoms with Gasteiger partial charge in [0.2, 0.25) is 0 Å². The zero-order valence-electron chi connectivity index (χ0n) is 39.2. The van der Waals surface area contributed by atoms with Gasteiger partial charge in [-0.1, -0.05) is 157 Å². The molecule has 3 heterocycles. The Bertz CT molecular complexity index is 3010. The standard InChI is InChI=1S/C57H59N4OSi2.Pt/c1-56(2,3)42-34-43(59-39-60(50-25-16-15-24-49(50)59)55-52(63(4,5)6)26-19-27-53(55)64(7,8)9)37-45(35-42)62-44-28-29-47-46-22-13-14-23-48(46)61(51(47)38-44)54-36-41(30-33-58-54)57(31-17-18-32-57)40-20-11-10-12-21-40;/h10-16,19-30,33-36,39H,17-18,31-32H2,1-9H3;/q-3;. The molecule has 8 heteroatoms. The molecule has 5 nitrogen and oxygen atoms in total. The van der Waals surface area contributed by atoms with E-state index in [4.69, 9.17) is 9.72 Å². The molecule has 0 bridgehead atoms. The van der Waals surface area contributed by atoms with Crippen LogP contribution >= 0.6 is 0 Å². The second-order valence-electron chi connectivity index (χ2n) is 21.0. The molecule has 0 atom stereocenters. The summed E-state index contributed by atoms with van der Waals surface area (Å²) in [7, 11) is -3.49. The largest absolute Gasteiger partial charge is 0.509 e. The van der Waals surface area contributed by atoms with Crippen LogP contribution in [0, 0.1) is 18.8 Å². The normalized spacial score (nSPS) is 15.1. The molecule has 0 spiro atoms. The summed E-state index contributed by atoms with van der Waals surface area (Å²) in [6, 6.07) is 56.2. The molecule has 1 saturated carbocycles. The molecule has 0 saturated heterocycles. The molecular weight excluding hydrogens is 1010 g/mol. The summed E-state index contributed by atoms with van der Waals surface area (Å²) in [5.74, 6) is 2.18. The number of aromatic nitrogens is 2. The van der Waals surface area contributed by atoms with E-state index in [1.54, 1.807) is 0 Å². The summed E-state index contributed by atoms with van der Waals surface area (Å²) in [5, 5.41) is 5.24. The van der Waals surface area contributed by atoms with Crippen LogP contribution in [-0.2, 0) is 31.9 Å². The Kier molecular flexibility index (Phi) is 11.7. The van der Waals surface area contributed by atoms with Gasteiger partial charge in [0.1, 0.15) is 5.82 Å². The second kappa shape index (κ2) is 16.9. The number of benzene rings is 6. The molecule has 1 aliphatic heterocycles. The van der Waals surface area contributed by atoms with Gasteiger partial charge in [-0.25, -0.2) is 4.98 Å². The van der Waals surface area contributed by atoms with Crippen molar-refractivity contribution in [2.45, 2.75) is 96.6 Å².